The Hall–Kier alpha value is -1.40. The van der Waals surface area contributed by atoms with Gasteiger partial charge in [0.1, 0.15) is 0 Å². The zero-order chi connectivity index (χ0) is 12.9. The monoisotopic (exact) mass is 256 g/mol. The lowest BCUT2D eigenvalue weighted by molar-refractivity contribution is -0.120. The van der Waals surface area contributed by atoms with E-state index in [9.17, 15) is 13.2 Å². The third kappa shape index (κ3) is 6.03. The lowest BCUT2D eigenvalue weighted by Crippen LogP contribution is -2.32. The molecule has 1 rings (SSSR count). The second-order valence-corrected chi connectivity index (χ2v) is 5.62. The molecule has 0 unspecified atom stereocenters. The average molecular weight is 256 g/mol. The molecular weight excluding hydrogens is 240 g/mol. The molecular formula is C11H16N2O3S. The standard InChI is InChI=1S/C11H16N2O3S/c1-9-3-2-4-10(7-9)8-11(14)13-5-6-17(12,15)16/h2-4,7H,5-6,8H2,1H3,(H,13,14)(H2,12,15,16). The molecule has 0 aliphatic rings. The summed E-state index contributed by atoms with van der Waals surface area (Å²) in [4.78, 5) is 11.5. The van der Waals surface area contributed by atoms with Gasteiger partial charge in [0.2, 0.25) is 15.9 Å². The van der Waals surface area contributed by atoms with Crippen LogP contribution in [0, 0.1) is 6.92 Å². The number of amides is 1. The second-order valence-electron chi connectivity index (χ2n) is 3.88. The van der Waals surface area contributed by atoms with Crippen molar-refractivity contribution in [2.75, 3.05) is 12.3 Å². The van der Waals surface area contributed by atoms with Crippen molar-refractivity contribution in [3.05, 3.63) is 35.4 Å². The van der Waals surface area contributed by atoms with Crippen LogP contribution < -0.4 is 10.5 Å². The molecule has 3 N–H and O–H groups in total. The van der Waals surface area contributed by atoms with Crippen LogP contribution in [-0.2, 0) is 21.2 Å². The van der Waals surface area contributed by atoms with Gasteiger partial charge >= 0.3 is 0 Å². The molecule has 6 heteroatoms. The number of hydrogen-bond donors (Lipinski definition) is 2. The van der Waals surface area contributed by atoms with Gasteiger partial charge in [0.25, 0.3) is 0 Å². The number of nitrogens with one attached hydrogen (secondary N) is 1. The number of carbonyl (C=O) groups excluding carboxylic acids is 1. The molecule has 0 bridgehead atoms. The number of hydrogen-bond acceptors (Lipinski definition) is 3. The molecule has 5 nitrogen and oxygen atoms in total. The number of rotatable bonds is 5. The molecule has 1 amide bonds. The Kier molecular flexibility index (Phi) is 4.65. The average Bonchev–Trinajstić information content (AvgIpc) is 2.15. The predicted octanol–water partition coefficient (Wildman–Crippen LogP) is -0.0578. The van der Waals surface area contributed by atoms with Gasteiger partial charge in [-0.15, -0.1) is 0 Å². The normalized spacial score (nSPS) is 11.2. The summed E-state index contributed by atoms with van der Waals surface area (Å²) in [5.41, 5.74) is 1.98. The van der Waals surface area contributed by atoms with E-state index < -0.39 is 10.0 Å². The summed E-state index contributed by atoms with van der Waals surface area (Å²) in [6.45, 7) is 1.99. The first-order valence-corrected chi connectivity index (χ1v) is 6.91. The van der Waals surface area contributed by atoms with E-state index in [4.69, 9.17) is 5.14 Å². The Morgan fingerprint density at radius 1 is 1.41 bits per heavy atom. The Morgan fingerprint density at radius 3 is 2.71 bits per heavy atom. The fourth-order valence-electron chi connectivity index (χ4n) is 1.40. The summed E-state index contributed by atoms with van der Waals surface area (Å²) in [5.74, 6) is -0.453. The zero-order valence-corrected chi connectivity index (χ0v) is 10.5. The molecule has 1 aromatic rings. The first kappa shape index (κ1) is 13.7. The Balaban J connectivity index is 2.40. The van der Waals surface area contributed by atoms with Crippen molar-refractivity contribution in [1.82, 2.24) is 5.32 Å². The van der Waals surface area contributed by atoms with Crippen LogP contribution in [0.5, 0.6) is 0 Å². The van der Waals surface area contributed by atoms with Crippen LogP contribution >= 0.6 is 0 Å². The van der Waals surface area contributed by atoms with E-state index in [1.807, 2.05) is 31.2 Å². The third-order valence-electron chi connectivity index (χ3n) is 2.16. The van der Waals surface area contributed by atoms with Crippen molar-refractivity contribution in [1.29, 1.82) is 0 Å². The van der Waals surface area contributed by atoms with E-state index in [2.05, 4.69) is 5.32 Å². The van der Waals surface area contributed by atoms with Crippen LogP contribution in [0.2, 0.25) is 0 Å². The Bertz CT molecular complexity index is 497. The molecule has 0 saturated carbocycles. The summed E-state index contributed by atoms with van der Waals surface area (Å²) >= 11 is 0. The van der Waals surface area contributed by atoms with E-state index in [-0.39, 0.29) is 24.6 Å². The van der Waals surface area contributed by atoms with Crippen LogP contribution in [0.1, 0.15) is 11.1 Å². The van der Waals surface area contributed by atoms with Crippen LogP contribution in [-0.4, -0.2) is 26.6 Å². The highest BCUT2D eigenvalue weighted by molar-refractivity contribution is 7.89. The number of benzene rings is 1. The van der Waals surface area contributed by atoms with Crippen molar-refractivity contribution in [2.24, 2.45) is 5.14 Å². The predicted molar refractivity (Wildman–Crippen MR) is 65.9 cm³/mol. The highest BCUT2D eigenvalue weighted by atomic mass is 32.2. The van der Waals surface area contributed by atoms with Crippen molar-refractivity contribution < 1.29 is 13.2 Å². The van der Waals surface area contributed by atoms with Gasteiger partial charge < -0.3 is 5.32 Å². The van der Waals surface area contributed by atoms with Crippen molar-refractivity contribution in [3.63, 3.8) is 0 Å². The van der Waals surface area contributed by atoms with Gasteiger partial charge in [-0.25, -0.2) is 13.6 Å². The number of sulfonamides is 1. The molecule has 0 radical (unpaired) electrons. The maximum atomic E-state index is 11.5. The van der Waals surface area contributed by atoms with Crippen LogP contribution in [0.15, 0.2) is 24.3 Å². The van der Waals surface area contributed by atoms with Gasteiger partial charge in [0.15, 0.2) is 0 Å². The number of primary sulfonamides is 1. The van der Waals surface area contributed by atoms with E-state index in [0.717, 1.165) is 11.1 Å². The highest BCUT2D eigenvalue weighted by Crippen LogP contribution is 2.04. The van der Waals surface area contributed by atoms with E-state index >= 15 is 0 Å². The van der Waals surface area contributed by atoms with Crippen molar-refractivity contribution in [2.45, 2.75) is 13.3 Å². The van der Waals surface area contributed by atoms with Crippen LogP contribution in [0.3, 0.4) is 0 Å². The SMILES string of the molecule is Cc1cccc(CC(=O)NCCS(N)(=O)=O)c1. The molecule has 17 heavy (non-hydrogen) atoms. The number of nitrogens with two attached hydrogens (primary N) is 1. The van der Waals surface area contributed by atoms with Crippen LogP contribution in [0.4, 0.5) is 0 Å². The topological polar surface area (TPSA) is 89.3 Å². The summed E-state index contributed by atoms with van der Waals surface area (Å²) in [7, 11) is -3.51. The lowest BCUT2D eigenvalue weighted by Gasteiger charge is -2.05. The van der Waals surface area contributed by atoms with Gasteiger partial charge in [0, 0.05) is 6.54 Å². The first-order valence-electron chi connectivity index (χ1n) is 5.19. The van der Waals surface area contributed by atoms with Gasteiger partial charge in [-0.1, -0.05) is 29.8 Å². The lowest BCUT2D eigenvalue weighted by atomic mass is 10.1. The summed E-state index contributed by atoms with van der Waals surface area (Å²) in [6.07, 6.45) is 0.242. The first-order chi connectivity index (χ1) is 7.87. The van der Waals surface area contributed by atoms with E-state index in [0.29, 0.717) is 0 Å². The van der Waals surface area contributed by atoms with Crippen molar-refractivity contribution >= 4 is 15.9 Å². The summed E-state index contributed by atoms with van der Waals surface area (Å²) in [6, 6.07) is 7.59. The Labute approximate surface area is 101 Å². The minimum absolute atomic E-state index is 0.0451. The van der Waals surface area contributed by atoms with Gasteiger partial charge in [-0.2, -0.15) is 0 Å². The van der Waals surface area contributed by atoms with E-state index in [1.165, 1.54) is 0 Å². The van der Waals surface area contributed by atoms with Crippen LogP contribution in [0.25, 0.3) is 0 Å². The molecule has 0 atom stereocenters. The molecule has 94 valence electrons. The largest absolute Gasteiger partial charge is 0.355 e. The maximum Gasteiger partial charge on any atom is 0.224 e. The number of aryl methyl sites for hydroxylation is 1. The Morgan fingerprint density at radius 2 is 2.12 bits per heavy atom. The molecule has 0 heterocycles. The maximum absolute atomic E-state index is 11.5. The third-order valence-corrected chi connectivity index (χ3v) is 2.93. The molecule has 0 aliphatic carbocycles. The minimum atomic E-state index is -3.51. The molecule has 0 aliphatic heterocycles. The minimum Gasteiger partial charge on any atom is -0.355 e. The molecule has 0 saturated heterocycles. The van der Waals surface area contributed by atoms with Crippen molar-refractivity contribution in [3.8, 4) is 0 Å². The fraction of sp³-hybridized carbons (Fsp3) is 0.364. The molecule has 0 spiro atoms. The molecule has 0 fully saturated rings. The fourth-order valence-corrected chi connectivity index (χ4v) is 1.79. The van der Waals surface area contributed by atoms with Gasteiger partial charge in [-0.3, -0.25) is 4.79 Å². The second kappa shape index (κ2) is 5.79. The smallest absolute Gasteiger partial charge is 0.224 e. The van der Waals surface area contributed by atoms with Gasteiger partial charge in [0.05, 0.1) is 12.2 Å². The highest BCUT2D eigenvalue weighted by Gasteiger charge is 2.06. The summed E-state index contributed by atoms with van der Waals surface area (Å²) < 4.78 is 21.3. The molecule has 1 aromatic carbocycles. The summed E-state index contributed by atoms with van der Waals surface area (Å²) in [5, 5.41) is 7.32. The quantitative estimate of drug-likeness (QED) is 0.773. The zero-order valence-electron chi connectivity index (χ0n) is 9.64. The van der Waals surface area contributed by atoms with E-state index in [1.54, 1.807) is 0 Å². The number of carbonyl (C=O) groups is 1. The van der Waals surface area contributed by atoms with Gasteiger partial charge in [-0.05, 0) is 12.5 Å². The molecule has 0 aromatic heterocycles.